The number of hydrogen-bond acceptors (Lipinski definition) is 3. The fraction of sp³-hybridized carbons (Fsp3) is 0.368. The Labute approximate surface area is 132 Å². The molecule has 0 aliphatic rings. The van der Waals surface area contributed by atoms with E-state index in [1.807, 2.05) is 36.4 Å². The van der Waals surface area contributed by atoms with Crippen molar-refractivity contribution in [2.45, 2.75) is 26.2 Å². The Kier molecular flexibility index (Phi) is 5.31. The summed E-state index contributed by atoms with van der Waals surface area (Å²) in [6.45, 7) is 7.62. The molecule has 0 saturated heterocycles. The highest BCUT2D eigenvalue weighted by molar-refractivity contribution is 5.32. The minimum absolute atomic E-state index is 0.163. The first kappa shape index (κ1) is 16.2. The van der Waals surface area contributed by atoms with Gasteiger partial charge in [0.15, 0.2) is 0 Å². The molecule has 2 aromatic rings. The standard InChI is InChI=1S/C19H24O3/c1-19(2,3)15-5-7-17(8-6-15)21-13-14-22-18-11-9-16(20-4)10-12-18/h5-12H,13-14H2,1-4H3. The van der Waals surface area contributed by atoms with Crippen LogP contribution in [0.5, 0.6) is 17.2 Å². The van der Waals surface area contributed by atoms with Gasteiger partial charge in [0.25, 0.3) is 0 Å². The Morgan fingerprint density at radius 3 is 1.50 bits per heavy atom. The van der Waals surface area contributed by atoms with Crippen molar-refractivity contribution >= 4 is 0 Å². The Morgan fingerprint density at radius 2 is 1.09 bits per heavy atom. The first-order valence-corrected chi connectivity index (χ1v) is 7.49. The van der Waals surface area contributed by atoms with Gasteiger partial charge in [0.1, 0.15) is 30.5 Å². The average Bonchev–Trinajstić information content (AvgIpc) is 2.52. The van der Waals surface area contributed by atoms with Crippen molar-refractivity contribution in [2.24, 2.45) is 0 Å². The van der Waals surface area contributed by atoms with Crippen LogP contribution in [-0.2, 0) is 5.41 Å². The summed E-state index contributed by atoms with van der Waals surface area (Å²) in [4.78, 5) is 0. The van der Waals surface area contributed by atoms with Crippen molar-refractivity contribution in [3.05, 3.63) is 54.1 Å². The van der Waals surface area contributed by atoms with E-state index in [1.54, 1.807) is 7.11 Å². The van der Waals surface area contributed by atoms with Crippen LogP contribution in [0, 0.1) is 0 Å². The van der Waals surface area contributed by atoms with Crippen LogP contribution < -0.4 is 14.2 Å². The molecule has 22 heavy (non-hydrogen) atoms. The Morgan fingerprint density at radius 1 is 0.682 bits per heavy atom. The highest BCUT2D eigenvalue weighted by Crippen LogP contribution is 2.24. The molecule has 0 aromatic heterocycles. The zero-order valence-electron chi connectivity index (χ0n) is 13.8. The lowest BCUT2D eigenvalue weighted by Crippen LogP contribution is -2.11. The summed E-state index contributed by atoms with van der Waals surface area (Å²) in [6, 6.07) is 15.8. The molecule has 0 bridgehead atoms. The predicted molar refractivity (Wildman–Crippen MR) is 89.1 cm³/mol. The van der Waals surface area contributed by atoms with Gasteiger partial charge in [0.05, 0.1) is 7.11 Å². The van der Waals surface area contributed by atoms with E-state index < -0.39 is 0 Å². The predicted octanol–water partition coefficient (Wildman–Crippen LogP) is 4.45. The van der Waals surface area contributed by atoms with Gasteiger partial charge in [-0.25, -0.2) is 0 Å². The first-order chi connectivity index (χ1) is 10.5. The third-order valence-corrected chi connectivity index (χ3v) is 3.40. The molecule has 0 amide bonds. The Bertz CT molecular complexity index is 565. The molecule has 0 aliphatic heterocycles. The van der Waals surface area contributed by atoms with Crippen LogP contribution in [0.25, 0.3) is 0 Å². The maximum atomic E-state index is 5.69. The second-order valence-electron chi connectivity index (χ2n) is 6.15. The number of rotatable bonds is 6. The van der Waals surface area contributed by atoms with E-state index in [1.165, 1.54) is 5.56 Å². The summed E-state index contributed by atoms with van der Waals surface area (Å²) >= 11 is 0. The largest absolute Gasteiger partial charge is 0.497 e. The van der Waals surface area contributed by atoms with Gasteiger partial charge in [0.2, 0.25) is 0 Å². The lowest BCUT2D eigenvalue weighted by molar-refractivity contribution is 0.217. The normalized spacial score (nSPS) is 11.1. The number of hydrogen-bond donors (Lipinski definition) is 0. The third kappa shape index (κ3) is 4.69. The third-order valence-electron chi connectivity index (χ3n) is 3.40. The van der Waals surface area contributed by atoms with Gasteiger partial charge >= 0.3 is 0 Å². The average molecular weight is 300 g/mol. The lowest BCUT2D eigenvalue weighted by atomic mass is 9.87. The van der Waals surface area contributed by atoms with Crippen LogP contribution in [-0.4, -0.2) is 20.3 Å². The van der Waals surface area contributed by atoms with Crippen LogP contribution in [0.1, 0.15) is 26.3 Å². The summed E-state index contributed by atoms with van der Waals surface area (Å²) in [5, 5.41) is 0. The molecule has 0 heterocycles. The molecule has 0 N–H and O–H groups in total. The van der Waals surface area contributed by atoms with E-state index in [0.717, 1.165) is 17.2 Å². The van der Waals surface area contributed by atoms with Gasteiger partial charge in [0, 0.05) is 0 Å². The summed E-state index contributed by atoms with van der Waals surface area (Å²) in [5.74, 6) is 2.50. The van der Waals surface area contributed by atoms with Crippen LogP contribution in [0.3, 0.4) is 0 Å². The van der Waals surface area contributed by atoms with Crippen molar-refractivity contribution in [3.8, 4) is 17.2 Å². The molecule has 2 aromatic carbocycles. The van der Waals surface area contributed by atoms with Crippen molar-refractivity contribution in [1.82, 2.24) is 0 Å². The zero-order valence-corrected chi connectivity index (χ0v) is 13.8. The molecule has 3 heteroatoms. The van der Waals surface area contributed by atoms with E-state index >= 15 is 0 Å². The molecule has 118 valence electrons. The zero-order chi connectivity index (χ0) is 16.0. The van der Waals surface area contributed by atoms with Gasteiger partial charge in [-0.3, -0.25) is 0 Å². The Hall–Kier alpha value is -2.16. The topological polar surface area (TPSA) is 27.7 Å². The van der Waals surface area contributed by atoms with Crippen LogP contribution >= 0.6 is 0 Å². The summed E-state index contributed by atoms with van der Waals surface area (Å²) in [6.07, 6.45) is 0. The number of ether oxygens (including phenoxy) is 3. The van der Waals surface area contributed by atoms with Gasteiger partial charge in [-0.15, -0.1) is 0 Å². The summed E-state index contributed by atoms with van der Waals surface area (Å²) in [5.41, 5.74) is 1.46. The lowest BCUT2D eigenvalue weighted by Gasteiger charge is -2.19. The van der Waals surface area contributed by atoms with Gasteiger partial charge in [-0.1, -0.05) is 32.9 Å². The number of benzene rings is 2. The molecule has 2 rings (SSSR count). The van der Waals surface area contributed by atoms with Crippen LogP contribution in [0.15, 0.2) is 48.5 Å². The highest BCUT2D eigenvalue weighted by atomic mass is 16.5. The van der Waals surface area contributed by atoms with Crippen molar-refractivity contribution in [2.75, 3.05) is 20.3 Å². The minimum Gasteiger partial charge on any atom is -0.497 e. The molecule has 0 saturated carbocycles. The number of methoxy groups -OCH3 is 1. The Balaban J connectivity index is 1.76. The highest BCUT2D eigenvalue weighted by Gasteiger charge is 2.12. The van der Waals surface area contributed by atoms with Gasteiger partial charge in [-0.05, 0) is 47.4 Å². The van der Waals surface area contributed by atoms with Gasteiger partial charge in [-0.2, -0.15) is 0 Å². The summed E-state index contributed by atoms with van der Waals surface area (Å²) < 4.78 is 16.4. The maximum absolute atomic E-state index is 5.69. The van der Waals surface area contributed by atoms with Crippen LogP contribution in [0.2, 0.25) is 0 Å². The van der Waals surface area contributed by atoms with E-state index in [0.29, 0.717) is 13.2 Å². The SMILES string of the molecule is COc1ccc(OCCOc2ccc(C(C)(C)C)cc2)cc1. The fourth-order valence-corrected chi connectivity index (χ4v) is 2.04. The second kappa shape index (κ2) is 7.21. The molecule has 0 aliphatic carbocycles. The van der Waals surface area contributed by atoms with Gasteiger partial charge < -0.3 is 14.2 Å². The smallest absolute Gasteiger partial charge is 0.122 e. The molecule has 0 unspecified atom stereocenters. The minimum atomic E-state index is 0.163. The van der Waals surface area contributed by atoms with Crippen molar-refractivity contribution in [3.63, 3.8) is 0 Å². The van der Waals surface area contributed by atoms with Crippen molar-refractivity contribution in [1.29, 1.82) is 0 Å². The van der Waals surface area contributed by atoms with E-state index in [9.17, 15) is 0 Å². The molecule has 3 nitrogen and oxygen atoms in total. The molecule has 0 spiro atoms. The maximum Gasteiger partial charge on any atom is 0.122 e. The monoisotopic (exact) mass is 300 g/mol. The fourth-order valence-electron chi connectivity index (χ4n) is 2.04. The molecular formula is C19H24O3. The van der Waals surface area contributed by atoms with E-state index in [-0.39, 0.29) is 5.41 Å². The van der Waals surface area contributed by atoms with Crippen molar-refractivity contribution < 1.29 is 14.2 Å². The molecular weight excluding hydrogens is 276 g/mol. The van der Waals surface area contributed by atoms with E-state index in [4.69, 9.17) is 14.2 Å². The first-order valence-electron chi connectivity index (χ1n) is 7.49. The summed E-state index contributed by atoms with van der Waals surface area (Å²) in [7, 11) is 1.65. The molecule has 0 atom stereocenters. The molecule has 0 radical (unpaired) electrons. The quantitative estimate of drug-likeness (QED) is 0.738. The molecule has 0 fully saturated rings. The van der Waals surface area contributed by atoms with Crippen LogP contribution in [0.4, 0.5) is 0 Å². The van der Waals surface area contributed by atoms with E-state index in [2.05, 4.69) is 32.9 Å². The second-order valence-corrected chi connectivity index (χ2v) is 6.15.